The molecule has 12 fully saturated rings. The number of hydrogen-bond acceptors (Lipinski definition) is 1. The number of aliphatic hydroxyl groups excluding tert-OH is 1. The van der Waals surface area contributed by atoms with E-state index in [0.717, 1.165) is 81.8 Å². The fraction of sp³-hybridized carbons (Fsp3) is 0.562. The van der Waals surface area contributed by atoms with E-state index in [4.69, 9.17) is 0 Å². The molecule has 0 bridgehead atoms. The van der Waals surface area contributed by atoms with Gasteiger partial charge < -0.3 is 5.11 Å². The van der Waals surface area contributed by atoms with Crippen LogP contribution in [0.2, 0.25) is 0 Å². The zero-order chi connectivity index (χ0) is 20.6. The summed E-state index contributed by atoms with van der Waals surface area (Å²) in [6.45, 7) is 0. The summed E-state index contributed by atoms with van der Waals surface area (Å²) in [4.78, 5) is 0. The molecule has 15 rings (SSSR count). The summed E-state index contributed by atoms with van der Waals surface area (Å²) >= 11 is 0. The molecule has 0 aliphatic heterocycles. The van der Waals surface area contributed by atoms with Gasteiger partial charge in [0, 0.05) is 11.3 Å². The van der Waals surface area contributed by atoms with Gasteiger partial charge in [-0.3, -0.25) is 0 Å². The summed E-state index contributed by atoms with van der Waals surface area (Å²) < 4.78 is 0. The van der Waals surface area contributed by atoms with Crippen LogP contribution in [0.3, 0.4) is 0 Å². The van der Waals surface area contributed by atoms with Gasteiger partial charge in [-0.25, -0.2) is 0 Å². The molecule has 160 valence electrons. The predicted molar refractivity (Wildman–Crippen MR) is 121 cm³/mol. The summed E-state index contributed by atoms with van der Waals surface area (Å²) in [5, 5.41) is 11.4. The van der Waals surface area contributed by atoms with Gasteiger partial charge in [0.25, 0.3) is 0 Å². The molecular weight excluding hydrogens is 400 g/mol. The Labute approximate surface area is 193 Å². The smallest absolute Gasteiger partial charge is 0.0864 e. The Hall–Kier alpha value is -1.86. The van der Waals surface area contributed by atoms with E-state index < -0.39 is 0 Å². The minimum atomic E-state index is -0.263. The van der Waals surface area contributed by atoms with Crippen LogP contribution in [0.1, 0.15) is 22.8 Å². The second kappa shape index (κ2) is 3.62. The third-order valence-corrected chi connectivity index (χ3v) is 16.1. The first-order valence-electron chi connectivity index (χ1n) is 13.8. The maximum Gasteiger partial charge on any atom is 0.0864 e. The van der Waals surface area contributed by atoms with E-state index in [1.165, 1.54) is 11.1 Å². The molecule has 0 aromatic heterocycles. The third-order valence-electron chi connectivity index (χ3n) is 16.1. The maximum absolute atomic E-state index is 11.4. The quantitative estimate of drug-likeness (QED) is 0.748. The van der Waals surface area contributed by atoms with Gasteiger partial charge in [0.05, 0.1) is 6.10 Å². The Morgan fingerprint density at radius 1 is 0.576 bits per heavy atom. The van der Waals surface area contributed by atoms with Crippen molar-refractivity contribution in [1.29, 1.82) is 0 Å². The van der Waals surface area contributed by atoms with Gasteiger partial charge in [0.2, 0.25) is 0 Å². The van der Waals surface area contributed by atoms with Crippen molar-refractivity contribution in [2.75, 3.05) is 0 Å². The molecule has 12 saturated carbocycles. The van der Waals surface area contributed by atoms with E-state index >= 15 is 0 Å². The lowest BCUT2D eigenvalue weighted by Gasteiger charge is -3.23. The van der Waals surface area contributed by atoms with E-state index in [-0.39, 0.29) is 6.10 Å². The molecule has 2 aromatic carbocycles. The van der Waals surface area contributed by atoms with Crippen molar-refractivity contribution >= 4 is 6.08 Å². The van der Waals surface area contributed by atoms with Crippen LogP contribution in [-0.2, 0) is 5.41 Å². The number of aliphatic hydroxyl groups is 1. The molecule has 1 N–H and O–H groups in total. The highest BCUT2D eigenvalue weighted by atomic mass is 16.3. The van der Waals surface area contributed by atoms with E-state index in [0.29, 0.717) is 16.7 Å². The van der Waals surface area contributed by atoms with Gasteiger partial charge >= 0.3 is 0 Å². The summed E-state index contributed by atoms with van der Waals surface area (Å²) in [7, 11) is 0. The predicted octanol–water partition coefficient (Wildman–Crippen LogP) is 4.79. The van der Waals surface area contributed by atoms with Crippen molar-refractivity contribution in [3.05, 3.63) is 77.4 Å². The molecule has 33 heavy (non-hydrogen) atoms. The second-order valence-corrected chi connectivity index (χ2v) is 14.4. The Balaban J connectivity index is 0.865. The average molecular weight is 427 g/mol. The monoisotopic (exact) mass is 426 g/mol. The normalized spacial score (nSPS) is 74.0. The Bertz CT molecular complexity index is 1360. The van der Waals surface area contributed by atoms with E-state index in [1.54, 1.807) is 5.56 Å². The fourth-order valence-electron chi connectivity index (χ4n) is 16.7. The van der Waals surface area contributed by atoms with Crippen LogP contribution in [0.4, 0.5) is 0 Å². The van der Waals surface area contributed by atoms with Crippen molar-refractivity contribution in [2.24, 2.45) is 93.2 Å². The molecule has 0 heterocycles. The van der Waals surface area contributed by atoms with Gasteiger partial charge in [-0.05, 0) is 104 Å². The lowest BCUT2D eigenvalue weighted by Crippen LogP contribution is -3.22. The molecule has 0 spiro atoms. The van der Waals surface area contributed by atoms with Crippen LogP contribution < -0.4 is 0 Å². The van der Waals surface area contributed by atoms with Crippen LogP contribution in [-0.4, -0.2) is 5.11 Å². The van der Waals surface area contributed by atoms with Gasteiger partial charge in [0.1, 0.15) is 0 Å². The van der Waals surface area contributed by atoms with Crippen molar-refractivity contribution in [2.45, 2.75) is 11.5 Å². The Morgan fingerprint density at radius 2 is 1.12 bits per heavy atom. The first-order chi connectivity index (χ1) is 16.3. The maximum atomic E-state index is 11.4. The van der Waals surface area contributed by atoms with Crippen LogP contribution >= 0.6 is 0 Å². The number of hydrogen-bond donors (Lipinski definition) is 1. The Kier molecular flexibility index (Phi) is 1.67. The molecule has 13 aliphatic rings. The molecule has 1 heteroatoms. The highest BCUT2D eigenvalue weighted by Crippen LogP contribution is 3.22. The largest absolute Gasteiger partial charge is 0.388 e. The highest BCUT2D eigenvalue weighted by molar-refractivity contribution is 5.71. The summed E-state index contributed by atoms with van der Waals surface area (Å²) in [6.07, 6.45) is 4.52. The van der Waals surface area contributed by atoms with E-state index in [2.05, 4.69) is 66.7 Å². The zero-order valence-corrected chi connectivity index (χ0v) is 18.4. The van der Waals surface area contributed by atoms with Crippen LogP contribution in [0.25, 0.3) is 6.08 Å². The minimum Gasteiger partial charge on any atom is -0.388 e. The molecule has 0 radical (unpaired) electrons. The summed E-state index contributed by atoms with van der Waals surface area (Å²) in [6, 6.07) is 20.3. The fourth-order valence-corrected chi connectivity index (χ4v) is 16.7. The molecule has 1 nitrogen and oxygen atoms in total. The van der Waals surface area contributed by atoms with Gasteiger partial charge in [0.15, 0.2) is 0 Å². The number of rotatable bonds is 3. The van der Waals surface area contributed by atoms with Crippen LogP contribution in [0, 0.1) is 93.2 Å². The van der Waals surface area contributed by atoms with Gasteiger partial charge in [-0.2, -0.15) is 0 Å². The highest BCUT2D eigenvalue weighted by Gasteiger charge is 3.21. The topological polar surface area (TPSA) is 20.2 Å². The molecule has 2 aromatic rings. The zero-order valence-electron chi connectivity index (χ0n) is 18.4. The lowest BCUT2D eigenvalue weighted by molar-refractivity contribution is -0.765. The molecule has 2 atom stereocenters. The second-order valence-electron chi connectivity index (χ2n) is 14.4. The van der Waals surface area contributed by atoms with Crippen molar-refractivity contribution < 1.29 is 5.11 Å². The van der Waals surface area contributed by atoms with Crippen molar-refractivity contribution in [3.8, 4) is 0 Å². The first kappa shape index (κ1) is 15.2. The van der Waals surface area contributed by atoms with E-state index in [1.807, 2.05) is 0 Å². The number of benzene rings is 2. The van der Waals surface area contributed by atoms with Crippen LogP contribution in [0.5, 0.6) is 0 Å². The molecular formula is C32H26O. The van der Waals surface area contributed by atoms with Crippen molar-refractivity contribution in [1.82, 2.24) is 0 Å². The van der Waals surface area contributed by atoms with E-state index in [9.17, 15) is 5.11 Å². The van der Waals surface area contributed by atoms with Crippen LogP contribution in [0.15, 0.2) is 60.7 Å². The first-order valence-corrected chi connectivity index (χ1v) is 13.8. The lowest BCUT2D eigenvalue weighted by atomic mass is 8.80. The SMILES string of the molecule is OC1c2ccccc2C=CC1C12C3C4C1C1C2C3C41C12C3C4C1C1C2C3C41c1ccccc1. The number of fused-ring (bicyclic) bond motifs is 1. The van der Waals surface area contributed by atoms with Gasteiger partial charge in [-0.1, -0.05) is 66.7 Å². The molecule has 0 amide bonds. The summed E-state index contributed by atoms with van der Waals surface area (Å²) in [5.74, 6) is 13.4. The molecule has 0 saturated heterocycles. The summed E-state index contributed by atoms with van der Waals surface area (Å²) in [5.41, 5.74) is 7.07. The van der Waals surface area contributed by atoms with Gasteiger partial charge in [-0.15, -0.1) is 0 Å². The standard InChI is InChI=1S/C32H26O/c33-28-14-9-5-4-6-12(14)10-11-15(28)30-19-25-20(30)27-21(30)26(19)32(25,27)31-22-16-23(31)18-24(31)17(22)29(16,18)13-7-2-1-3-8-13/h1-11,15-28,33H. The third kappa shape index (κ3) is 0.815. The minimum absolute atomic E-state index is 0.263. The van der Waals surface area contributed by atoms with Crippen molar-refractivity contribution in [3.63, 3.8) is 0 Å². The molecule has 13 aliphatic carbocycles. The Morgan fingerprint density at radius 3 is 1.76 bits per heavy atom. The molecule has 2 unspecified atom stereocenters. The average Bonchev–Trinajstić information content (AvgIpc) is 2.89.